The summed E-state index contributed by atoms with van der Waals surface area (Å²) in [6.07, 6.45) is 5.72. The number of anilines is 3. The van der Waals surface area contributed by atoms with Crippen molar-refractivity contribution in [1.29, 1.82) is 0 Å². The number of aromatic nitrogens is 3. The lowest BCUT2D eigenvalue weighted by Crippen LogP contribution is -2.36. The summed E-state index contributed by atoms with van der Waals surface area (Å²) in [5.74, 6) is 0.151. The Hall–Kier alpha value is -3.84. The first-order valence-electron chi connectivity index (χ1n) is 13.4. The van der Waals surface area contributed by atoms with E-state index in [2.05, 4.69) is 30.5 Å². The number of ether oxygens (including phenoxy) is 2. The van der Waals surface area contributed by atoms with Gasteiger partial charge in [-0.15, -0.1) is 0 Å². The Balaban J connectivity index is 1.37. The molecule has 0 spiro atoms. The van der Waals surface area contributed by atoms with Crippen molar-refractivity contribution >= 4 is 47.7 Å². The molecule has 2 aromatic heterocycles. The number of carbonyl (C=O) groups excluding carboxylic acids is 2. The van der Waals surface area contributed by atoms with Crippen LogP contribution in [-0.2, 0) is 9.53 Å². The van der Waals surface area contributed by atoms with Crippen LogP contribution in [0.4, 0.5) is 17.2 Å². The number of carbonyl (C=O) groups is 2. The van der Waals surface area contributed by atoms with Gasteiger partial charge in [0.1, 0.15) is 11.9 Å². The highest BCUT2D eigenvalue weighted by Crippen LogP contribution is 2.27. The van der Waals surface area contributed by atoms with E-state index in [9.17, 15) is 9.59 Å². The van der Waals surface area contributed by atoms with Gasteiger partial charge in [-0.3, -0.25) is 14.6 Å². The summed E-state index contributed by atoms with van der Waals surface area (Å²) in [4.78, 5) is 40.2. The van der Waals surface area contributed by atoms with Gasteiger partial charge in [0.15, 0.2) is 18.6 Å². The first-order chi connectivity index (χ1) is 19.8. The molecule has 1 saturated heterocycles. The van der Waals surface area contributed by atoms with Crippen LogP contribution in [0.2, 0.25) is 0 Å². The summed E-state index contributed by atoms with van der Waals surface area (Å²) >= 11 is 1.25. The second-order valence-corrected chi connectivity index (χ2v) is 10.8. The van der Waals surface area contributed by atoms with Crippen molar-refractivity contribution in [3.63, 3.8) is 0 Å². The third kappa shape index (κ3) is 8.57. The van der Waals surface area contributed by atoms with Crippen LogP contribution in [0.15, 0.2) is 48.9 Å². The molecule has 2 unspecified atom stereocenters. The Morgan fingerprint density at radius 1 is 1.17 bits per heavy atom. The summed E-state index contributed by atoms with van der Waals surface area (Å²) in [6.45, 7) is 6.92. The average Bonchev–Trinajstić information content (AvgIpc) is 3.00. The third-order valence-electron chi connectivity index (χ3n) is 6.50. The fraction of sp³-hybridized carbons (Fsp3) is 0.393. The number of pyridine rings is 1. The van der Waals surface area contributed by atoms with Gasteiger partial charge in [0.25, 0.3) is 5.91 Å². The van der Waals surface area contributed by atoms with Crippen LogP contribution < -0.4 is 26.0 Å². The van der Waals surface area contributed by atoms with E-state index in [-0.39, 0.29) is 28.8 Å². The maximum atomic E-state index is 13.2. The number of hydrogen-bond donors (Lipinski definition) is 3. The summed E-state index contributed by atoms with van der Waals surface area (Å²) in [6, 6.07) is 9.11. The van der Waals surface area contributed by atoms with E-state index in [0.29, 0.717) is 56.4 Å². The SMILES string of the molecule is [B]SC(C)CCC(=O)NCC(C)Oc1ccc(-c2cnc(N)c(C(=O)Nc3cnccc3N3CCOCC3)n2)cc1. The van der Waals surface area contributed by atoms with Crippen molar-refractivity contribution < 1.29 is 19.1 Å². The monoisotopic (exact) mass is 575 g/mol. The molecule has 13 heteroatoms. The molecule has 0 bridgehead atoms. The average molecular weight is 576 g/mol. The molecule has 4 rings (SSSR count). The molecule has 214 valence electrons. The Kier molecular flexibility index (Phi) is 10.8. The van der Waals surface area contributed by atoms with E-state index in [1.54, 1.807) is 24.5 Å². The lowest BCUT2D eigenvalue weighted by Gasteiger charge is -2.30. The zero-order valence-corrected chi connectivity index (χ0v) is 24.0. The maximum absolute atomic E-state index is 13.2. The predicted octanol–water partition coefficient (Wildman–Crippen LogP) is 3.08. The summed E-state index contributed by atoms with van der Waals surface area (Å²) in [5.41, 5.74) is 8.69. The van der Waals surface area contributed by atoms with E-state index in [1.807, 2.05) is 32.0 Å². The minimum atomic E-state index is -0.480. The van der Waals surface area contributed by atoms with E-state index in [4.69, 9.17) is 22.3 Å². The molecular formula is C28H34BN7O4S. The third-order valence-corrected chi connectivity index (χ3v) is 7.20. The van der Waals surface area contributed by atoms with Gasteiger partial charge < -0.3 is 30.7 Å². The quantitative estimate of drug-likeness (QED) is 0.276. The molecule has 2 atom stereocenters. The maximum Gasteiger partial charge on any atom is 0.278 e. The standard InChI is InChI=1S/C28H34BN7O4S/c1-18(15-32-25(37)8-3-19(2)41-29)40-21-6-4-20(5-7-21)22-17-33-27(30)26(34-22)28(38)35-23-16-31-10-9-24(23)36-11-13-39-14-12-36/h4-7,9-10,16-19H,3,8,11-15H2,1-2H3,(H2,30,33)(H,32,37)(H,35,38). The molecule has 1 aromatic carbocycles. The fourth-order valence-corrected chi connectivity index (χ4v) is 4.43. The van der Waals surface area contributed by atoms with Gasteiger partial charge in [-0.1, -0.05) is 6.92 Å². The molecule has 1 aliphatic rings. The van der Waals surface area contributed by atoms with Crippen LogP contribution in [0.25, 0.3) is 11.3 Å². The molecule has 3 aromatic rings. The number of nitrogens with zero attached hydrogens (tertiary/aromatic N) is 4. The van der Waals surface area contributed by atoms with Crippen LogP contribution in [0.3, 0.4) is 0 Å². The predicted molar refractivity (Wildman–Crippen MR) is 162 cm³/mol. The van der Waals surface area contributed by atoms with Gasteiger partial charge >= 0.3 is 0 Å². The van der Waals surface area contributed by atoms with Crippen molar-refractivity contribution in [2.24, 2.45) is 0 Å². The topological polar surface area (TPSA) is 145 Å². The van der Waals surface area contributed by atoms with E-state index in [1.165, 1.54) is 17.8 Å². The molecule has 0 saturated carbocycles. The summed E-state index contributed by atoms with van der Waals surface area (Å²) in [5, 5.41) is 6.01. The Morgan fingerprint density at radius 2 is 1.93 bits per heavy atom. The number of hydrogen-bond acceptors (Lipinski definition) is 10. The molecule has 41 heavy (non-hydrogen) atoms. The molecule has 2 amide bonds. The van der Waals surface area contributed by atoms with Gasteiger partial charge in [-0.25, -0.2) is 21.6 Å². The van der Waals surface area contributed by atoms with Crippen molar-refractivity contribution in [3.05, 3.63) is 54.6 Å². The molecule has 0 aliphatic carbocycles. The number of benzene rings is 1. The van der Waals surface area contributed by atoms with Crippen molar-refractivity contribution in [2.45, 2.75) is 38.0 Å². The van der Waals surface area contributed by atoms with Gasteiger partial charge in [-0.2, -0.15) is 0 Å². The first-order valence-corrected chi connectivity index (χ1v) is 14.4. The molecule has 4 N–H and O–H groups in total. The smallest absolute Gasteiger partial charge is 0.278 e. The Morgan fingerprint density at radius 3 is 2.66 bits per heavy atom. The second kappa shape index (κ2) is 14.7. The second-order valence-electron chi connectivity index (χ2n) is 9.68. The summed E-state index contributed by atoms with van der Waals surface area (Å²) in [7, 11) is 5.53. The van der Waals surface area contributed by atoms with Crippen LogP contribution >= 0.6 is 11.6 Å². The number of rotatable bonds is 12. The normalized spacial score (nSPS) is 14.6. The highest BCUT2D eigenvalue weighted by Gasteiger charge is 2.20. The van der Waals surface area contributed by atoms with Gasteiger partial charge in [-0.05, 0) is 48.9 Å². The van der Waals surface area contributed by atoms with Crippen LogP contribution in [0, 0.1) is 0 Å². The van der Waals surface area contributed by atoms with Gasteiger partial charge in [0, 0.05) is 31.3 Å². The fourth-order valence-electron chi connectivity index (χ4n) is 4.18. The zero-order valence-electron chi connectivity index (χ0n) is 23.2. The highest BCUT2D eigenvalue weighted by atomic mass is 32.2. The Labute approximate surface area is 245 Å². The highest BCUT2D eigenvalue weighted by molar-refractivity contribution is 8.20. The minimum absolute atomic E-state index is 0.0171. The molecule has 1 fully saturated rings. The number of nitrogens with two attached hydrogens (primary N) is 1. The molecule has 11 nitrogen and oxygen atoms in total. The first kappa shape index (κ1) is 30.1. The molecule has 2 radical (unpaired) electrons. The van der Waals surface area contributed by atoms with Crippen molar-refractivity contribution in [2.75, 3.05) is 48.8 Å². The van der Waals surface area contributed by atoms with Gasteiger partial charge in [0.2, 0.25) is 5.91 Å². The number of amides is 2. The number of nitrogen functional groups attached to an aromatic ring is 1. The Bertz CT molecular complexity index is 1330. The zero-order chi connectivity index (χ0) is 29.2. The molecule has 3 heterocycles. The van der Waals surface area contributed by atoms with Crippen LogP contribution in [0.1, 0.15) is 37.2 Å². The minimum Gasteiger partial charge on any atom is -0.489 e. The van der Waals surface area contributed by atoms with Gasteiger partial charge in [0.05, 0.1) is 49.2 Å². The molecular weight excluding hydrogens is 541 g/mol. The summed E-state index contributed by atoms with van der Waals surface area (Å²) < 4.78 is 11.4. The molecule has 1 aliphatic heterocycles. The van der Waals surface area contributed by atoms with E-state index >= 15 is 0 Å². The largest absolute Gasteiger partial charge is 0.489 e. The van der Waals surface area contributed by atoms with E-state index < -0.39 is 5.91 Å². The lowest BCUT2D eigenvalue weighted by molar-refractivity contribution is -0.121. The van der Waals surface area contributed by atoms with E-state index in [0.717, 1.165) is 17.7 Å². The van der Waals surface area contributed by atoms with Crippen LogP contribution in [-0.4, -0.2) is 78.1 Å². The lowest BCUT2D eigenvalue weighted by atomic mass is 10.1. The van der Waals surface area contributed by atoms with Crippen LogP contribution in [0.5, 0.6) is 5.75 Å². The number of morpholine rings is 1. The number of nitrogens with one attached hydrogen (secondary N) is 2. The van der Waals surface area contributed by atoms with Crippen molar-refractivity contribution in [3.8, 4) is 17.0 Å². The van der Waals surface area contributed by atoms with Crippen molar-refractivity contribution in [1.82, 2.24) is 20.3 Å².